The third kappa shape index (κ3) is 6.03. The average Bonchev–Trinajstić information content (AvgIpc) is 1.84. The number of rotatable bonds is 4. The molecular weight excluding hydrogens is 168 g/mol. The molecule has 0 aliphatic rings. The SMILES string of the molecule is C[N+](C)(C)CCOC(=O)C(F)F. The summed E-state index contributed by atoms with van der Waals surface area (Å²) in [6, 6.07) is 0. The van der Waals surface area contributed by atoms with Crippen molar-refractivity contribution in [2.45, 2.75) is 6.43 Å². The van der Waals surface area contributed by atoms with Crippen molar-refractivity contribution in [1.29, 1.82) is 0 Å². The molecule has 0 radical (unpaired) electrons. The van der Waals surface area contributed by atoms with E-state index in [0.29, 0.717) is 11.0 Å². The number of hydrogen-bond acceptors (Lipinski definition) is 2. The van der Waals surface area contributed by atoms with Gasteiger partial charge in [0.25, 0.3) is 0 Å². The van der Waals surface area contributed by atoms with Gasteiger partial charge in [0.05, 0.1) is 21.1 Å². The lowest BCUT2D eigenvalue weighted by Crippen LogP contribution is -2.38. The Hall–Kier alpha value is -0.710. The average molecular weight is 182 g/mol. The van der Waals surface area contributed by atoms with Gasteiger partial charge in [0.15, 0.2) is 0 Å². The molecule has 0 saturated carbocycles. The highest BCUT2D eigenvalue weighted by atomic mass is 19.3. The van der Waals surface area contributed by atoms with E-state index in [2.05, 4.69) is 4.74 Å². The molecule has 0 N–H and O–H groups in total. The lowest BCUT2D eigenvalue weighted by molar-refractivity contribution is -0.870. The van der Waals surface area contributed by atoms with Crippen molar-refractivity contribution < 1.29 is 22.8 Å². The fraction of sp³-hybridized carbons (Fsp3) is 0.857. The third-order valence-corrected chi connectivity index (χ3v) is 1.18. The molecule has 0 spiro atoms. The van der Waals surface area contributed by atoms with Crippen LogP contribution in [-0.2, 0) is 9.53 Å². The molecule has 0 bridgehead atoms. The summed E-state index contributed by atoms with van der Waals surface area (Å²) in [5, 5.41) is 0. The van der Waals surface area contributed by atoms with Crippen LogP contribution >= 0.6 is 0 Å². The van der Waals surface area contributed by atoms with Crippen LogP contribution < -0.4 is 0 Å². The summed E-state index contributed by atoms with van der Waals surface area (Å²) in [5.41, 5.74) is 0. The Morgan fingerprint density at radius 2 is 1.92 bits per heavy atom. The Labute approximate surface area is 70.5 Å². The molecule has 0 rings (SSSR count). The molecule has 0 aromatic heterocycles. The van der Waals surface area contributed by atoms with Crippen molar-refractivity contribution in [1.82, 2.24) is 0 Å². The molecule has 3 nitrogen and oxygen atoms in total. The number of halogens is 2. The summed E-state index contributed by atoms with van der Waals surface area (Å²) in [7, 11) is 5.66. The number of nitrogens with zero attached hydrogens (tertiary/aromatic N) is 1. The minimum Gasteiger partial charge on any atom is -0.455 e. The van der Waals surface area contributed by atoms with Crippen LogP contribution in [0, 0.1) is 0 Å². The van der Waals surface area contributed by atoms with Crippen LogP contribution in [0.1, 0.15) is 0 Å². The second-order valence-corrected chi connectivity index (χ2v) is 3.48. The fourth-order valence-electron chi connectivity index (χ4n) is 0.483. The highest BCUT2D eigenvalue weighted by Crippen LogP contribution is 1.96. The van der Waals surface area contributed by atoms with Crippen molar-refractivity contribution in [3.05, 3.63) is 0 Å². The Morgan fingerprint density at radius 1 is 1.42 bits per heavy atom. The van der Waals surface area contributed by atoms with Crippen LogP contribution in [-0.4, -0.2) is 51.2 Å². The Bertz CT molecular complexity index is 154. The number of esters is 1. The first-order chi connectivity index (χ1) is 5.33. The van der Waals surface area contributed by atoms with Gasteiger partial charge in [0.1, 0.15) is 13.2 Å². The summed E-state index contributed by atoms with van der Waals surface area (Å²) < 4.78 is 28.0. The van der Waals surface area contributed by atoms with Gasteiger partial charge in [-0.25, -0.2) is 4.79 Å². The normalized spacial score (nSPS) is 11.8. The molecule has 0 atom stereocenters. The quantitative estimate of drug-likeness (QED) is 0.467. The first-order valence-electron chi connectivity index (χ1n) is 3.58. The molecule has 0 aromatic rings. The second-order valence-electron chi connectivity index (χ2n) is 3.48. The third-order valence-electron chi connectivity index (χ3n) is 1.18. The second kappa shape index (κ2) is 4.35. The number of carbonyl (C=O) groups is 1. The van der Waals surface area contributed by atoms with E-state index in [9.17, 15) is 13.6 Å². The van der Waals surface area contributed by atoms with Gasteiger partial charge < -0.3 is 9.22 Å². The van der Waals surface area contributed by atoms with Gasteiger partial charge >= 0.3 is 12.4 Å². The highest BCUT2D eigenvalue weighted by Gasteiger charge is 2.17. The van der Waals surface area contributed by atoms with E-state index in [0.717, 1.165) is 0 Å². The summed E-state index contributed by atoms with van der Waals surface area (Å²) in [6.45, 7) is 0.561. The number of alkyl halides is 2. The van der Waals surface area contributed by atoms with Gasteiger partial charge in [0, 0.05) is 0 Å². The van der Waals surface area contributed by atoms with Gasteiger partial charge in [-0.1, -0.05) is 0 Å². The van der Waals surface area contributed by atoms with E-state index in [1.54, 1.807) is 0 Å². The standard InChI is InChI=1S/C7H14F2NO2/c1-10(2,3)4-5-12-7(11)6(8)9/h6H,4-5H2,1-3H3/q+1. The predicted molar refractivity (Wildman–Crippen MR) is 39.9 cm³/mol. The van der Waals surface area contributed by atoms with Crippen molar-refractivity contribution in [3.63, 3.8) is 0 Å². The lowest BCUT2D eigenvalue weighted by Gasteiger charge is -2.23. The molecule has 72 valence electrons. The van der Waals surface area contributed by atoms with Crippen LogP contribution in [0.5, 0.6) is 0 Å². The fourth-order valence-corrected chi connectivity index (χ4v) is 0.483. The Balaban J connectivity index is 3.51. The van der Waals surface area contributed by atoms with E-state index < -0.39 is 12.4 Å². The number of quaternary nitrogens is 1. The maximum Gasteiger partial charge on any atom is 0.374 e. The van der Waals surface area contributed by atoms with Gasteiger partial charge in [-0.05, 0) is 0 Å². The predicted octanol–water partition coefficient (Wildman–Crippen LogP) is 0.501. The largest absolute Gasteiger partial charge is 0.455 e. The van der Waals surface area contributed by atoms with Crippen molar-refractivity contribution >= 4 is 5.97 Å². The van der Waals surface area contributed by atoms with Crippen molar-refractivity contribution in [3.8, 4) is 0 Å². The number of ether oxygens (including phenoxy) is 1. The molecule has 0 heterocycles. The van der Waals surface area contributed by atoms with Crippen molar-refractivity contribution in [2.24, 2.45) is 0 Å². The lowest BCUT2D eigenvalue weighted by atomic mass is 10.5. The highest BCUT2D eigenvalue weighted by molar-refractivity contribution is 5.72. The maximum atomic E-state index is 11.6. The van der Waals surface area contributed by atoms with Gasteiger partial charge in [0.2, 0.25) is 0 Å². The number of hydrogen-bond donors (Lipinski definition) is 0. The minimum atomic E-state index is -3.02. The molecule has 0 fully saturated rings. The van der Waals surface area contributed by atoms with E-state index >= 15 is 0 Å². The van der Waals surface area contributed by atoms with Crippen LogP contribution in [0.2, 0.25) is 0 Å². The van der Waals surface area contributed by atoms with Gasteiger partial charge in [-0.3, -0.25) is 0 Å². The van der Waals surface area contributed by atoms with Gasteiger partial charge in [-0.2, -0.15) is 8.78 Å². The van der Waals surface area contributed by atoms with E-state index in [1.807, 2.05) is 21.1 Å². The zero-order chi connectivity index (χ0) is 9.78. The first-order valence-corrected chi connectivity index (χ1v) is 3.58. The molecule has 12 heavy (non-hydrogen) atoms. The smallest absolute Gasteiger partial charge is 0.374 e. The van der Waals surface area contributed by atoms with E-state index in [4.69, 9.17) is 0 Å². The molecule has 0 aromatic carbocycles. The van der Waals surface area contributed by atoms with Crippen molar-refractivity contribution in [2.75, 3.05) is 34.3 Å². The summed E-state index contributed by atoms with van der Waals surface area (Å²) in [6.07, 6.45) is -3.02. The zero-order valence-electron chi connectivity index (χ0n) is 7.51. The minimum absolute atomic E-state index is 0.0344. The van der Waals surface area contributed by atoms with Crippen LogP contribution in [0.25, 0.3) is 0 Å². The number of likely N-dealkylation sites (N-methyl/N-ethyl adjacent to an activating group) is 1. The molecule has 0 aliphatic heterocycles. The van der Waals surface area contributed by atoms with Crippen LogP contribution in [0.15, 0.2) is 0 Å². The maximum absolute atomic E-state index is 11.6. The molecule has 0 aliphatic carbocycles. The van der Waals surface area contributed by atoms with Crippen LogP contribution in [0.4, 0.5) is 8.78 Å². The molecule has 0 unspecified atom stereocenters. The molecular formula is C7H14F2NO2+. The monoisotopic (exact) mass is 182 g/mol. The molecule has 0 amide bonds. The summed E-state index contributed by atoms with van der Waals surface area (Å²) in [4.78, 5) is 10.2. The molecule has 0 saturated heterocycles. The topological polar surface area (TPSA) is 26.3 Å². The molecule has 5 heteroatoms. The Morgan fingerprint density at radius 3 is 2.25 bits per heavy atom. The van der Waals surface area contributed by atoms with Crippen LogP contribution in [0.3, 0.4) is 0 Å². The Kier molecular flexibility index (Phi) is 4.09. The zero-order valence-corrected chi connectivity index (χ0v) is 7.51. The van der Waals surface area contributed by atoms with E-state index in [1.165, 1.54) is 0 Å². The summed E-state index contributed by atoms with van der Waals surface area (Å²) in [5.74, 6) is -1.44. The first kappa shape index (κ1) is 11.3. The van der Waals surface area contributed by atoms with Gasteiger partial charge in [-0.15, -0.1) is 0 Å². The summed E-state index contributed by atoms with van der Waals surface area (Å²) >= 11 is 0. The van der Waals surface area contributed by atoms with E-state index in [-0.39, 0.29) is 6.61 Å². The number of carbonyl (C=O) groups excluding carboxylic acids is 1.